The number of aromatic amines is 1. The number of anilines is 1. The molecule has 0 aliphatic rings. The number of hydrogen-bond donors (Lipinski definition) is 2. The van der Waals surface area contributed by atoms with Crippen LogP contribution in [-0.2, 0) is 11.0 Å². The number of amides is 1. The van der Waals surface area contributed by atoms with Gasteiger partial charge in [-0.15, -0.1) is 16.4 Å². The van der Waals surface area contributed by atoms with Crippen molar-refractivity contribution in [1.29, 1.82) is 0 Å². The number of H-pyrrole nitrogens is 1. The molecule has 0 aliphatic heterocycles. The fraction of sp³-hybridized carbons (Fsp3) is 0.188. The fourth-order valence-electron chi connectivity index (χ4n) is 2.07. The van der Waals surface area contributed by atoms with E-state index in [1.165, 1.54) is 11.3 Å². The van der Waals surface area contributed by atoms with E-state index >= 15 is 0 Å². The van der Waals surface area contributed by atoms with Gasteiger partial charge in [-0.05, 0) is 36.6 Å². The van der Waals surface area contributed by atoms with Crippen molar-refractivity contribution in [3.05, 3.63) is 46.3 Å². The summed E-state index contributed by atoms with van der Waals surface area (Å²) < 4.78 is 38.5. The predicted molar refractivity (Wildman–Crippen MR) is 100 cm³/mol. The van der Waals surface area contributed by atoms with Crippen LogP contribution in [0, 0.1) is 0 Å². The number of carbonyl (C=O) groups is 1. The molecular formula is C16H12ClF3N4OS2. The Hall–Kier alpha value is -2.04. The Morgan fingerprint density at radius 3 is 2.81 bits per heavy atom. The minimum Gasteiger partial charge on any atom is -0.324 e. The highest BCUT2D eigenvalue weighted by Gasteiger charge is 2.31. The SMILES string of the molecule is C[C@@H](Sc1n[nH]c(-c2cccs2)n1)C(=O)Nc1cc(C(F)(F)F)ccc1Cl. The van der Waals surface area contributed by atoms with Crippen molar-refractivity contribution in [2.45, 2.75) is 23.5 Å². The lowest BCUT2D eigenvalue weighted by atomic mass is 10.2. The van der Waals surface area contributed by atoms with Gasteiger partial charge in [0, 0.05) is 0 Å². The van der Waals surface area contributed by atoms with Gasteiger partial charge in [-0.3, -0.25) is 9.89 Å². The summed E-state index contributed by atoms with van der Waals surface area (Å²) in [7, 11) is 0. The molecule has 0 spiro atoms. The number of thioether (sulfide) groups is 1. The lowest BCUT2D eigenvalue weighted by Gasteiger charge is -2.13. The third-order valence-corrected chi connectivity index (χ3v) is 5.59. The third kappa shape index (κ3) is 4.82. The van der Waals surface area contributed by atoms with Crippen molar-refractivity contribution in [2.75, 3.05) is 5.32 Å². The van der Waals surface area contributed by atoms with Gasteiger partial charge in [0.2, 0.25) is 11.1 Å². The molecule has 5 nitrogen and oxygen atoms in total. The van der Waals surface area contributed by atoms with Crippen LogP contribution >= 0.6 is 34.7 Å². The average molecular weight is 433 g/mol. The van der Waals surface area contributed by atoms with Crippen LogP contribution in [0.5, 0.6) is 0 Å². The van der Waals surface area contributed by atoms with Crippen molar-refractivity contribution in [2.24, 2.45) is 0 Å². The number of nitrogens with one attached hydrogen (secondary N) is 2. The van der Waals surface area contributed by atoms with Gasteiger partial charge in [-0.25, -0.2) is 4.98 Å². The van der Waals surface area contributed by atoms with E-state index in [4.69, 9.17) is 11.6 Å². The van der Waals surface area contributed by atoms with E-state index in [1.807, 2.05) is 17.5 Å². The summed E-state index contributed by atoms with van der Waals surface area (Å²) in [5, 5.41) is 10.9. The Balaban J connectivity index is 1.68. The molecule has 3 aromatic rings. The molecule has 1 aromatic carbocycles. The number of carbonyl (C=O) groups excluding carboxylic acids is 1. The van der Waals surface area contributed by atoms with Crippen molar-refractivity contribution in [3.63, 3.8) is 0 Å². The van der Waals surface area contributed by atoms with Gasteiger partial charge in [0.25, 0.3) is 0 Å². The molecule has 2 aromatic heterocycles. The van der Waals surface area contributed by atoms with Gasteiger partial charge in [-0.1, -0.05) is 29.4 Å². The Bertz CT molecular complexity index is 944. The molecule has 11 heteroatoms. The zero-order valence-corrected chi connectivity index (χ0v) is 16.1. The highest BCUT2D eigenvalue weighted by atomic mass is 35.5. The monoisotopic (exact) mass is 432 g/mol. The molecular weight excluding hydrogens is 421 g/mol. The summed E-state index contributed by atoms with van der Waals surface area (Å²) in [6.45, 7) is 1.60. The molecule has 0 fully saturated rings. The molecule has 2 N–H and O–H groups in total. The van der Waals surface area contributed by atoms with Gasteiger partial charge in [-0.2, -0.15) is 13.2 Å². The second-order valence-electron chi connectivity index (χ2n) is 5.39. The number of rotatable bonds is 5. The lowest BCUT2D eigenvalue weighted by molar-refractivity contribution is -0.137. The van der Waals surface area contributed by atoms with Crippen LogP contribution in [0.25, 0.3) is 10.7 Å². The first kappa shape index (κ1) is 19.7. The maximum absolute atomic E-state index is 12.8. The Morgan fingerprint density at radius 2 is 2.15 bits per heavy atom. The second kappa shape index (κ2) is 7.91. The van der Waals surface area contributed by atoms with Crippen LogP contribution in [0.1, 0.15) is 12.5 Å². The van der Waals surface area contributed by atoms with Crippen LogP contribution in [0.15, 0.2) is 40.9 Å². The largest absolute Gasteiger partial charge is 0.416 e. The molecule has 1 amide bonds. The van der Waals surface area contributed by atoms with E-state index < -0.39 is 22.9 Å². The second-order valence-corrected chi connectivity index (χ2v) is 8.05. The zero-order chi connectivity index (χ0) is 19.6. The average Bonchev–Trinajstić information content (AvgIpc) is 3.26. The lowest BCUT2D eigenvalue weighted by Crippen LogP contribution is -2.23. The topological polar surface area (TPSA) is 70.7 Å². The van der Waals surface area contributed by atoms with Gasteiger partial charge in [0.05, 0.1) is 26.4 Å². The molecule has 2 heterocycles. The van der Waals surface area contributed by atoms with Gasteiger partial charge in [0.1, 0.15) is 0 Å². The summed E-state index contributed by atoms with van der Waals surface area (Å²) in [5.41, 5.74) is -0.990. The predicted octanol–water partition coefficient (Wildman–Crippen LogP) is 5.32. The summed E-state index contributed by atoms with van der Waals surface area (Å²) >= 11 is 8.47. The van der Waals surface area contributed by atoms with Crippen LogP contribution in [0.3, 0.4) is 0 Å². The highest BCUT2D eigenvalue weighted by molar-refractivity contribution is 8.00. The summed E-state index contributed by atoms with van der Waals surface area (Å²) in [4.78, 5) is 17.5. The van der Waals surface area contributed by atoms with E-state index in [9.17, 15) is 18.0 Å². The molecule has 0 unspecified atom stereocenters. The van der Waals surface area contributed by atoms with E-state index in [0.29, 0.717) is 11.0 Å². The van der Waals surface area contributed by atoms with Crippen LogP contribution in [0.2, 0.25) is 5.02 Å². The summed E-state index contributed by atoms with van der Waals surface area (Å²) in [6.07, 6.45) is -4.53. The molecule has 0 radical (unpaired) electrons. The summed E-state index contributed by atoms with van der Waals surface area (Å²) in [5.74, 6) is 0.0738. The van der Waals surface area contributed by atoms with Crippen LogP contribution in [-0.4, -0.2) is 26.3 Å². The first-order valence-electron chi connectivity index (χ1n) is 7.54. The standard InChI is InChI=1S/C16H12ClF3N4OS2/c1-8(27-15-22-13(23-24-15)12-3-2-6-26-12)14(25)21-11-7-9(16(18,19)20)4-5-10(11)17/h2-8H,1H3,(H,21,25)(H,22,23,24)/t8-/m1/s1. The molecule has 0 saturated carbocycles. The number of thiophene rings is 1. The van der Waals surface area contributed by atoms with E-state index in [1.54, 1.807) is 6.92 Å². The Kier molecular flexibility index (Phi) is 5.78. The normalized spacial score (nSPS) is 12.8. The molecule has 0 saturated heterocycles. The number of hydrogen-bond acceptors (Lipinski definition) is 5. The smallest absolute Gasteiger partial charge is 0.324 e. The van der Waals surface area contributed by atoms with Crippen molar-refractivity contribution in [1.82, 2.24) is 15.2 Å². The fourth-order valence-corrected chi connectivity index (χ4v) is 3.62. The van der Waals surface area contributed by atoms with Crippen LogP contribution < -0.4 is 5.32 Å². The minimum atomic E-state index is -4.53. The molecule has 1 atom stereocenters. The number of aromatic nitrogens is 3. The first-order valence-corrected chi connectivity index (χ1v) is 9.68. The van der Waals surface area contributed by atoms with Gasteiger partial charge >= 0.3 is 6.18 Å². The first-order chi connectivity index (χ1) is 12.7. The van der Waals surface area contributed by atoms with E-state index in [0.717, 1.165) is 34.8 Å². The Morgan fingerprint density at radius 1 is 1.37 bits per heavy atom. The third-order valence-electron chi connectivity index (χ3n) is 3.42. The van der Waals surface area contributed by atoms with Gasteiger partial charge in [0.15, 0.2) is 5.82 Å². The molecule has 0 aliphatic carbocycles. The van der Waals surface area contributed by atoms with Gasteiger partial charge < -0.3 is 5.32 Å². The summed E-state index contributed by atoms with van der Waals surface area (Å²) in [6, 6.07) is 6.52. The van der Waals surface area contributed by atoms with Crippen LogP contribution in [0.4, 0.5) is 18.9 Å². The molecule has 3 rings (SSSR count). The number of nitrogens with zero attached hydrogens (tertiary/aromatic N) is 2. The maximum atomic E-state index is 12.8. The van der Waals surface area contributed by atoms with Crippen molar-refractivity contribution in [3.8, 4) is 10.7 Å². The molecule has 142 valence electrons. The van der Waals surface area contributed by atoms with E-state index in [2.05, 4.69) is 20.5 Å². The zero-order valence-electron chi connectivity index (χ0n) is 13.7. The molecule has 27 heavy (non-hydrogen) atoms. The highest BCUT2D eigenvalue weighted by Crippen LogP contribution is 2.34. The minimum absolute atomic E-state index is 0.0198. The maximum Gasteiger partial charge on any atom is 0.416 e. The Labute approximate surface area is 165 Å². The van der Waals surface area contributed by atoms with Crippen molar-refractivity contribution >= 4 is 46.3 Å². The quantitative estimate of drug-likeness (QED) is 0.535. The number of halogens is 4. The van der Waals surface area contributed by atoms with E-state index in [-0.39, 0.29) is 10.7 Å². The molecule has 0 bridgehead atoms. The number of alkyl halides is 3. The number of benzene rings is 1. The van der Waals surface area contributed by atoms with Crippen molar-refractivity contribution < 1.29 is 18.0 Å².